The van der Waals surface area contributed by atoms with Crippen LogP contribution in [-0.2, 0) is 5.41 Å². The molecule has 0 saturated heterocycles. The second-order valence-electron chi connectivity index (χ2n) is 5.64. The number of hydrogen-bond acceptors (Lipinski definition) is 2. The molecule has 3 N–H and O–H groups in total. The zero-order chi connectivity index (χ0) is 14.9. The number of benzene rings is 2. The van der Waals surface area contributed by atoms with Crippen LogP contribution in [0.4, 0.5) is 0 Å². The van der Waals surface area contributed by atoms with E-state index < -0.39 is 0 Å². The molecule has 3 rings (SSSR count). The molecule has 2 aromatic carbocycles. The summed E-state index contributed by atoms with van der Waals surface area (Å²) < 4.78 is 0. The van der Waals surface area contributed by atoms with Crippen molar-refractivity contribution in [3.8, 4) is 0 Å². The molecular weight excluding hydrogens is 303 g/mol. The number of halogens is 2. The standard InChI is InChI=1S/C17H18Cl2N2/c18-13-7-8-15(19)14(11-13)16(21-20)17(9-4-10-17)12-5-2-1-3-6-12/h1-3,5-8,11,16,21H,4,9-10,20H2. The van der Waals surface area contributed by atoms with Crippen LogP contribution in [0.3, 0.4) is 0 Å². The second kappa shape index (κ2) is 5.98. The van der Waals surface area contributed by atoms with Crippen LogP contribution in [0.5, 0.6) is 0 Å². The van der Waals surface area contributed by atoms with E-state index >= 15 is 0 Å². The molecule has 0 heterocycles. The summed E-state index contributed by atoms with van der Waals surface area (Å²) >= 11 is 12.5. The molecule has 0 aromatic heterocycles. The lowest BCUT2D eigenvalue weighted by molar-refractivity contribution is 0.170. The van der Waals surface area contributed by atoms with E-state index in [1.165, 1.54) is 12.0 Å². The molecule has 0 spiro atoms. The van der Waals surface area contributed by atoms with Crippen LogP contribution in [-0.4, -0.2) is 0 Å². The van der Waals surface area contributed by atoms with Crippen LogP contribution in [0.2, 0.25) is 10.0 Å². The normalized spacial score (nSPS) is 18.0. The molecule has 1 saturated carbocycles. The van der Waals surface area contributed by atoms with E-state index in [4.69, 9.17) is 29.0 Å². The summed E-state index contributed by atoms with van der Waals surface area (Å²) in [6, 6.07) is 16.0. The van der Waals surface area contributed by atoms with E-state index in [0.717, 1.165) is 18.4 Å². The summed E-state index contributed by atoms with van der Waals surface area (Å²) in [6.07, 6.45) is 3.38. The second-order valence-corrected chi connectivity index (χ2v) is 6.48. The minimum atomic E-state index is -0.0418. The van der Waals surface area contributed by atoms with Gasteiger partial charge < -0.3 is 0 Å². The number of nitrogens with two attached hydrogens (primary N) is 1. The highest BCUT2D eigenvalue weighted by molar-refractivity contribution is 6.33. The SMILES string of the molecule is NNC(c1cc(Cl)ccc1Cl)C1(c2ccccc2)CCC1. The highest BCUT2D eigenvalue weighted by Gasteiger charge is 2.46. The number of hydrogen-bond donors (Lipinski definition) is 2. The van der Waals surface area contributed by atoms with Crippen molar-refractivity contribution < 1.29 is 0 Å². The molecule has 1 unspecified atom stereocenters. The lowest BCUT2D eigenvalue weighted by atomic mass is 9.59. The maximum atomic E-state index is 6.39. The summed E-state index contributed by atoms with van der Waals surface area (Å²) in [5.41, 5.74) is 5.24. The summed E-state index contributed by atoms with van der Waals surface area (Å²) in [6.45, 7) is 0. The Morgan fingerprint density at radius 3 is 2.33 bits per heavy atom. The first-order chi connectivity index (χ1) is 10.2. The third-order valence-electron chi connectivity index (χ3n) is 4.58. The third kappa shape index (κ3) is 2.58. The van der Waals surface area contributed by atoms with Gasteiger partial charge in [0.2, 0.25) is 0 Å². The molecular formula is C17H18Cl2N2. The number of rotatable bonds is 4. The van der Waals surface area contributed by atoms with Crippen LogP contribution < -0.4 is 11.3 Å². The van der Waals surface area contributed by atoms with Crippen LogP contribution in [0.1, 0.15) is 36.4 Å². The Bertz CT molecular complexity index is 624. The summed E-state index contributed by atoms with van der Waals surface area (Å²) in [7, 11) is 0. The minimum absolute atomic E-state index is 0.00959. The van der Waals surface area contributed by atoms with Crippen LogP contribution in [0, 0.1) is 0 Å². The molecule has 0 bridgehead atoms. The van der Waals surface area contributed by atoms with Crippen molar-refractivity contribution in [3.05, 3.63) is 69.7 Å². The molecule has 21 heavy (non-hydrogen) atoms. The van der Waals surface area contributed by atoms with E-state index in [0.29, 0.717) is 10.0 Å². The Hall–Kier alpha value is -1.06. The van der Waals surface area contributed by atoms with E-state index in [-0.39, 0.29) is 11.5 Å². The predicted octanol–water partition coefficient (Wildman–Crippen LogP) is 4.62. The Balaban J connectivity index is 2.08. The van der Waals surface area contributed by atoms with E-state index in [1.807, 2.05) is 18.2 Å². The van der Waals surface area contributed by atoms with Gasteiger partial charge in [-0.1, -0.05) is 60.0 Å². The van der Waals surface area contributed by atoms with Crippen molar-refractivity contribution in [2.24, 2.45) is 5.84 Å². The molecule has 0 amide bonds. The van der Waals surface area contributed by atoms with Crippen molar-refractivity contribution in [3.63, 3.8) is 0 Å². The average Bonchev–Trinajstić information content (AvgIpc) is 2.46. The topological polar surface area (TPSA) is 38.0 Å². The van der Waals surface area contributed by atoms with E-state index in [1.54, 1.807) is 6.07 Å². The molecule has 4 heteroatoms. The summed E-state index contributed by atoms with van der Waals surface area (Å²) in [5.74, 6) is 5.90. The van der Waals surface area contributed by atoms with E-state index in [2.05, 4.69) is 29.7 Å². The minimum Gasteiger partial charge on any atom is -0.271 e. The van der Waals surface area contributed by atoms with Crippen LogP contribution in [0.25, 0.3) is 0 Å². The highest BCUT2D eigenvalue weighted by atomic mass is 35.5. The zero-order valence-corrected chi connectivity index (χ0v) is 13.2. The van der Waals surface area contributed by atoms with Gasteiger partial charge in [0, 0.05) is 15.5 Å². The lowest BCUT2D eigenvalue weighted by Crippen LogP contribution is -2.49. The molecule has 110 valence electrons. The fourth-order valence-corrected chi connectivity index (χ4v) is 3.76. The van der Waals surface area contributed by atoms with E-state index in [9.17, 15) is 0 Å². The smallest absolute Gasteiger partial charge is 0.0571 e. The van der Waals surface area contributed by atoms with Crippen molar-refractivity contribution in [2.45, 2.75) is 30.7 Å². The van der Waals surface area contributed by atoms with Gasteiger partial charge in [-0.2, -0.15) is 0 Å². The molecule has 2 aromatic rings. The summed E-state index contributed by atoms with van der Waals surface area (Å²) in [4.78, 5) is 0. The Morgan fingerprint density at radius 1 is 1.05 bits per heavy atom. The van der Waals surface area contributed by atoms with Gasteiger partial charge in [-0.25, -0.2) is 0 Å². The van der Waals surface area contributed by atoms with Crippen LogP contribution >= 0.6 is 23.2 Å². The van der Waals surface area contributed by atoms with Gasteiger partial charge in [0.05, 0.1) is 6.04 Å². The molecule has 1 aliphatic rings. The third-order valence-corrected chi connectivity index (χ3v) is 5.16. The predicted molar refractivity (Wildman–Crippen MR) is 88.5 cm³/mol. The van der Waals surface area contributed by atoms with Gasteiger partial charge in [-0.3, -0.25) is 11.3 Å². The van der Waals surface area contributed by atoms with Crippen molar-refractivity contribution in [2.75, 3.05) is 0 Å². The Kier molecular flexibility index (Phi) is 4.23. The lowest BCUT2D eigenvalue weighted by Gasteiger charge is -2.48. The van der Waals surface area contributed by atoms with Gasteiger partial charge in [-0.15, -0.1) is 0 Å². The van der Waals surface area contributed by atoms with Gasteiger partial charge in [0.15, 0.2) is 0 Å². The van der Waals surface area contributed by atoms with Gasteiger partial charge in [0.25, 0.3) is 0 Å². The van der Waals surface area contributed by atoms with Crippen molar-refractivity contribution in [1.82, 2.24) is 5.43 Å². The zero-order valence-electron chi connectivity index (χ0n) is 11.7. The van der Waals surface area contributed by atoms with Crippen LogP contribution in [0.15, 0.2) is 48.5 Å². The van der Waals surface area contributed by atoms with Crippen molar-refractivity contribution in [1.29, 1.82) is 0 Å². The Labute approximate surface area is 135 Å². The first kappa shape index (κ1) is 14.9. The number of nitrogens with one attached hydrogen (secondary N) is 1. The van der Waals surface area contributed by atoms with Gasteiger partial charge >= 0.3 is 0 Å². The van der Waals surface area contributed by atoms with Crippen molar-refractivity contribution >= 4 is 23.2 Å². The Morgan fingerprint density at radius 2 is 1.76 bits per heavy atom. The summed E-state index contributed by atoms with van der Waals surface area (Å²) in [5, 5.41) is 1.38. The molecule has 0 aliphatic heterocycles. The monoisotopic (exact) mass is 320 g/mol. The fraction of sp³-hybridized carbons (Fsp3) is 0.294. The maximum absolute atomic E-state index is 6.39. The molecule has 1 fully saturated rings. The molecule has 2 nitrogen and oxygen atoms in total. The first-order valence-electron chi connectivity index (χ1n) is 7.14. The quantitative estimate of drug-likeness (QED) is 0.637. The fourth-order valence-electron chi connectivity index (χ4n) is 3.35. The number of hydrazine groups is 1. The first-order valence-corrected chi connectivity index (χ1v) is 7.89. The molecule has 1 aliphatic carbocycles. The largest absolute Gasteiger partial charge is 0.271 e. The average molecular weight is 321 g/mol. The molecule has 1 atom stereocenters. The maximum Gasteiger partial charge on any atom is 0.0571 e. The van der Waals surface area contributed by atoms with Gasteiger partial charge in [0.1, 0.15) is 0 Å². The van der Waals surface area contributed by atoms with Gasteiger partial charge in [-0.05, 0) is 42.2 Å². The molecule has 0 radical (unpaired) electrons. The highest BCUT2D eigenvalue weighted by Crippen LogP contribution is 2.52.